The van der Waals surface area contributed by atoms with Crippen LogP contribution in [0.1, 0.15) is 79.1 Å². The molecular formula is C30H46. The predicted octanol–water partition coefficient (Wildman–Crippen LogP) is 10.2. The molecule has 0 amide bonds. The van der Waals surface area contributed by atoms with Crippen molar-refractivity contribution in [3.05, 3.63) is 109 Å². The molecule has 0 aromatic heterocycles. The zero-order valence-electron chi connectivity index (χ0n) is 20.0. The van der Waals surface area contributed by atoms with Crippen LogP contribution >= 0.6 is 0 Å². The lowest BCUT2D eigenvalue weighted by atomic mass is 10.2. The Morgan fingerprint density at radius 1 is 0.233 bits per heavy atom. The van der Waals surface area contributed by atoms with Crippen LogP contribution < -0.4 is 0 Å². The molecule has 0 saturated heterocycles. The van der Waals surface area contributed by atoms with Crippen molar-refractivity contribution in [2.45, 2.75) is 79.1 Å². The minimum Gasteiger partial charge on any atom is -0.0654 e. The van der Waals surface area contributed by atoms with Gasteiger partial charge < -0.3 is 0 Å². The quantitative estimate of drug-likeness (QED) is 0.357. The van der Waals surface area contributed by atoms with E-state index in [2.05, 4.69) is 27.7 Å². The second-order valence-corrected chi connectivity index (χ2v) is 6.88. The topological polar surface area (TPSA) is 0 Å². The van der Waals surface area contributed by atoms with Crippen LogP contribution in [0.3, 0.4) is 0 Å². The second kappa shape index (κ2) is 31.4. The van der Waals surface area contributed by atoms with Crippen molar-refractivity contribution in [3.8, 4) is 0 Å². The van der Waals surface area contributed by atoms with Crippen molar-refractivity contribution >= 4 is 0 Å². The van der Waals surface area contributed by atoms with E-state index in [0.29, 0.717) is 0 Å². The molecule has 0 aliphatic heterocycles. The predicted molar refractivity (Wildman–Crippen MR) is 139 cm³/mol. The fraction of sp³-hybridized carbons (Fsp3) is 0.400. The molecule has 0 fully saturated rings. The summed E-state index contributed by atoms with van der Waals surface area (Å²) in [5, 5.41) is 0. The van der Waals surface area contributed by atoms with Crippen LogP contribution in [0.4, 0.5) is 0 Å². The van der Waals surface area contributed by atoms with Crippen molar-refractivity contribution in [1.82, 2.24) is 0 Å². The van der Waals surface area contributed by atoms with Crippen LogP contribution in [0.25, 0.3) is 0 Å². The van der Waals surface area contributed by atoms with E-state index >= 15 is 0 Å². The highest BCUT2D eigenvalue weighted by Gasteiger charge is 1.76. The molecular weight excluding hydrogens is 360 g/mol. The van der Waals surface area contributed by atoms with Crippen molar-refractivity contribution in [2.75, 3.05) is 0 Å². The maximum Gasteiger partial charge on any atom is -0.0536 e. The summed E-state index contributed by atoms with van der Waals surface area (Å²) < 4.78 is 0. The Kier molecular flexibility index (Phi) is 31.2. The number of hydrogen-bond acceptors (Lipinski definition) is 0. The SMILES string of the molecule is CCCCCC.CCCCCC.c1ccccc1.c1ccccc1.c1ccccc1. The Balaban J connectivity index is 0. The average Bonchev–Trinajstić information content (AvgIpc) is 2.86. The van der Waals surface area contributed by atoms with E-state index in [1.54, 1.807) is 0 Å². The van der Waals surface area contributed by atoms with Gasteiger partial charge in [-0.25, -0.2) is 0 Å². The lowest BCUT2D eigenvalue weighted by molar-refractivity contribution is 0.702. The Bertz CT molecular complexity index is 389. The molecule has 3 aromatic rings. The molecule has 166 valence electrons. The molecule has 0 unspecified atom stereocenters. The van der Waals surface area contributed by atoms with Gasteiger partial charge in [0.15, 0.2) is 0 Å². The van der Waals surface area contributed by atoms with Gasteiger partial charge in [0.25, 0.3) is 0 Å². The highest BCUT2D eigenvalue weighted by Crippen LogP contribution is 1.96. The van der Waals surface area contributed by atoms with E-state index in [4.69, 9.17) is 0 Å². The molecule has 0 nitrogen and oxygen atoms in total. The molecule has 0 aliphatic rings. The molecule has 30 heavy (non-hydrogen) atoms. The molecule has 0 heterocycles. The molecule has 0 N–H and O–H groups in total. The highest BCUT2D eigenvalue weighted by molar-refractivity contribution is 5.00. The summed E-state index contributed by atoms with van der Waals surface area (Å²) in [4.78, 5) is 0. The summed E-state index contributed by atoms with van der Waals surface area (Å²) in [6.07, 6.45) is 11.1. The Labute approximate surface area is 188 Å². The monoisotopic (exact) mass is 406 g/mol. The number of hydrogen-bond donors (Lipinski definition) is 0. The van der Waals surface area contributed by atoms with Gasteiger partial charge in [-0.05, 0) is 0 Å². The lowest BCUT2D eigenvalue weighted by Crippen LogP contribution is -1.66. The third-order valence-electron chi connectivity index (χ3n) is 3.91. The minimum atomic E-state index is 1.36. The molecule has 0 saturated carbocycles. The third-order valence-corrected chi connectivity index (χ3v) is 3.91. The van der Waals surface area contributed by atoms with Gasteiger partial charge in [-0.1, -0.05) is 188 Å². The van der Waals surface area contributed by atoms with Gasteiger partial charge in [-0.2, -0.15) is 0 Å². The van der Waals surface area contributed by atoms with E-state index in [1.807, 2.05) is 109 Å². The van der Waals surface area contributed by atoms with Crippen LogP contribution in [0, 0.1) is 0 Å². The molecule has 3 rings (SSSR count). The van der Waals surface area contributed by atoms with E-state index in [9.17, 15) is 0 Å². The Morgan fingerprint density at radius 2 is 0.333 bits per heavy atom. The highest BCUT2D eigenvalue weighted by atomic mass is 13.8. The molecule has 0 heteroatoms. The third kappa shape index (κ3) is 33.3. The number of unbranched alkanes of at least 4 members (excludes halogenated alkanes) is 6. The van der Waals surface area contributed by atoms with Gasteiger partial charge in [0, 0.05) is 0 Å². The number of rotatable bonds is 6. The van der Waals surface area contributed by atoms with Crippen molar-refractivity contribution in [3.63, 3.8) is 0 Å². The maximum absolute atomic E-state index is 2.23. The summed E-state index contributed by atoms with van der Waals surface area (Å²) in [7, 11) is 0. The Hall–Kier alpha value is -2.34. The van der Waals surface area contributed by atoms with Crippen molar-refractivity contribution < 1.29 is 0 Å². The lowest BCUT2D eigenvalue weighted by Gasteiger charge is -1.86. The zero-order chi connectivity index (χ0) is 22.4. The first-order chi connectivity index (χ1) is 14.8. The largest absolute Gasteiger partial charge is 0.0654 e. The standard InChI is InChI=1S/3C6H6.2C6H14/c3*1-2-4-6-5-3-1;2*1-3-5-6-4-2/h3*1-6H;2*3-6H2,1-2H3. The van der Waals surface area contributed by atoms with Crippen molar-refractivity contribution in [2.24, 2.45) is 0 Å². The van der Waals surface area contributed by atoms with E-state index in [-0.39, 0.29) is 0 Å². The molecule has 0 spiro atoms. The minimum absolute atomic E-state index is 1.36. The maximum atomic E-state index is 2.23. The summed E-state index contributed by atoms with van der Waals surface area (Å²) in [6, 6.07) is 36.0. The molecule has 3 aromatic carbocycles. The van der Waals surface area contributed by atoms with Crippen molar-refractivity contribution in [1.29, 1.82) is 0 Å². The molecule has 0 aliphatic carbocycles. The van der Waals surface area contributed by atoms with Gasteiger partial charge in [-0.3, -0.25) is 0 Å². The van der Waals surface area contributed by atoms with Gasteiger partial charge in [0.2, 0.25) is 0 Å². The number of benzene rings is 3. The average molecular weight is 407 g/mol. The van der Waals surface area contributed by atoms with Crippen LogP contribution in [0.2, 0.25) is 0 Å². The van der Waals surface area contributed by atoms with E-state index < -0.39 is 0 Å². The summed E-state index contributed by atoms with van der Waals surface area (Å²) >= 11 is 0. The van der Waals surface area contributed by atoms with Gasteiger partial charge in [0.05, 0.1) is 0 Å². The van der Waals surface area contributed by atoms with E-state index in [0.717, 1.165) is 0 Å². The Morgan fingerprint density at radius 3 is 0.400 bits per heavy atom. The molecule has 0 bridgehead atoms. The van der Waals surface area contributed by atoms with E-state index in [1.165, 1.54) is 51.4 Å². The van der Waals surface area contributed by atoms with Gasteiger partial charge in [0.1, 0.15) is 0 Å². The molecule has 0 atom stereocenters. The summed E-state index contributed by atoms with van der Waals surface area (Å²) in [6.45, 7) is 8.93. The molecule has 0 radical (unpaired) electrons. The van der Waals surface area contributed by atoms with Gasteiger partial charge in [-0.15, -0.1) is 0 Å². The first-order valence-corrected chi connectivity index (χ1v) is 11.8. The van der Waals surface area contributed by atoms with Crippen LogP contribution in [-0.4, -0.2) is 0 Å². The summed E-state index contributed by atoms with van der Waals surface area (Å²) in [5.41, 5.74) is 0. The van der Waals surface area contributed by atoms with Crippen LogP contribution in [0.15, 0.2) is 109 Å². The fourth-order valence-electron chi connectivity index (χ4n) is 2.15. The van der Waals surface area contributed by atoms with Crippen LogP contribution in [0.5, 0.6) is 0 Å². The van der Waals surface area contributed by atoms with Crippen LogP contribution in [-0.2, 0) is 0 Å². The smallest absolute Gasteiger partial charge is 0.0536 e. The second-order valence-electron chi connectivity index (χ2n) is 6.88. The summed E-state index contributed by atoms with van der Waals surface area (Å²) in [5.74, 6) is 0. The first-order valence-electron chi connectivity index (χ1n) is 11.8. The fourth-order valence-corrected chi connectivity index (χ4v) is 2.15. The first kappa shape index (κ1) is 29.9. The zero-order valence-corrected chi connectivity index (χ0v) is 20.0. The van der Waals surface area contributed by atoms with Gasteiger partial charge >= 0.3 is 0 Å². The normalized spacial score (nSPS) is 8.40.